The number of ether oxygens (including phenoxy) is 2. The summed E-state index contributed by atoms with van der Waals surface area (Å²) in [7, 11) is 1.53. The van der Waals surface area contributed by atoms with Crippen molar-refractivity contribution >= 4 is 28.9 Å². The highest BCUT2D eigenvalue weighted by atomic mass is 16.6. The monoisotopic (exact) mass is 414 g/mol. The first kappa shape index (κ1) is 22.3. The Bertz CT molecular complexity index is 974. The zero-order chi connectivity index (χ0) is 22.1. The fraction of sp³-hybridized carbons (Fsp3) is 0.250. The maximum absolute atomic E-state index is 12.2. The molecule has 0 heterocycles. The van der Waals surface area contributed by atoms with Gasteiger partial charge in [-0.1, -0.05) is 12.1 Å². The Hall–Kier alpha value is -3.95. The number of aryl methyl sites for hydroxylation is 1. The average Bonchev–Trinajstić information content (AvgIpc) is 2.72. The number of amides is 2. The topological polar surface area (TPSA) is 132 Å². The Morgan fingerprint density at radius 2 is 1.87 bits per heavy atom. The number of methoxy groups -OCH3 is 1. The standard InChI is InChI=1S/C20H22N4O6/c1-13-7-8-15(24(27)28)10-18(13)21-19(25)9-14(2)22-23-20(26)12-30-17-6-4-5-16(11-17)29-3/h4-8,10-11H,9,12H2,1-3H3,(H,21,25)(H,23,26)/b22-14-. The molecule has 10 nitrogen and oxygen atoms in total. The molecule has 0 atom stereocenters. The second-order valence-corrected chi connectivity index (χ2v) is 6.33. The van der Waals surface area contributed by atoms with Gasteiger partial charge in [0.2, 0.25) is 5.91 Å². The molecule has 0 saturated heterocycles. The van der Waals surface area contributed by atoms with Crippen LogP contribution in [0.2, 0.25) is 0 Å². The third kappa shape index (κ3) is 6.89. The Balaban J connectivity index is 1.84. The second-order valence-electron chi connectivity index (χ2n) is 6.33. The molecule has 2 rings (SSSR count). The van der Waals surface area contributed by atoms with Crippen LogP contribution in [0.1, 0.15) is 18.9 Å². The fourth-order valence-corrected chi connectivity index (χ4v) is 2.35. The van der Waals surface area contributed by atoms with Crippen molar-refractivity contribution in [2.75, 3.05) is 19.0 Å². The second kappa shape index (κ2) is 10.6. The van der Waals surface area contributed by atoms with Gasteiger partial charge in [0.1, 0.15) is 11.5 Å². The van der Waals surface area contributed by atoms with Crippen molar-refractivity contribution in [3.63, 3.8) is 0 Å². The molecule has 0 aliphatic carbocycles. The number of non-ortho nitro benzene ring substituents is 1. The van der Waals surface area contributed by atoms with Crippen molar-refractivity contribution in [1.82, 2.24) is 5.43 Å². The summed E-state index contributed by atoms with van der Waals surface area (Å²) in [6.07, 6.45) is -0.0981. The van der Waals surface area contributed by atoms with E-state index in [0.29, 0.717) is 28.5 Å². The predicted molar refractivity (Wildman–Crippen MR) is 111 cm³/mol. The van der Waals surface area contributed by atoms with Gasteiger partial charge in [-0.05, 0) is 31.5 Å². The van der Waals surface area contributed by atoms with E-state index in [0.717, 1.165) is 0 Å². The van der Waals surface area contributed by atoms with E-state index in [1.165, 1.54) is 19.2 Å². The molecule has 158 valence electrons. The van der Waals surface area contributed by atoms with Gasteiger partial charge in [0.05, 0.1) is 24.1 Å². The van der Waals surface area contributed by atoms with Crippen molar-refractivity contribution in [2.24, 2.45) is 5.10 Å². The fourth-order valence-electron chi connectivity index (χ4n) is 2.35. The van der Waals surface area contributed by atoms with E-state index >= 15 is 0 Å². The van der Waals surface area contributed by atoms with Gasteiger partial charge in [-0.25, -0.2) is 5.43 Å². The zero-order valence-electron chi connectivity index (χ0n) is 16.8. The van der Waals surface area contributed by atoms with Crippen LogP contribution in [0.4, 0.5) is 11.4 Å². The number of nitro groups is 1. The molecule has 2 N–H and O–H groups in total. The molecule has 0 aliphatic rings. The van der Waals surface area contributed by atoms with Crippen LogP contribution in [-0.4, -0.2) is 36.2 Å². The summed E-state index contributed by atoms with van der Waals surface area (Å²) in [4.78, 5) is 34.4. The highest BCUT2D eigenvalue weighted by Gasteiger charge is 2.12. The number of rotatable bonds is 9. The minimum Gasteiger partial charge on any atom is -0.497 e. The molecule has 0 fully saturated rings. The third-order valence-electron chi connectivity index (χ3n) is 3.91. The zero-order valence-corrected chi connectivity index (χ0v) is 16.8. The van der Waals surface area contributed by atoms with Crippen LogP contribution in [0, 0.1) is 17.0 Å². The molecule has 0 bridgehead atoms. The number of hydrazone groups is 1. The quantitative estimate of drug-likeness (QED) is 0.368. The molecule has 0 radical (unpaired) electrons. The summed E-state index contributed by atoms with van der Waals surface area (Å²) < 4.78 is 10.4. The molecular formula is C20H22N4O6. The Morgan fingerprint density at radius 3 is 2.57 bits per heavy atom. The number of carbonyl (C=O) groups is 2. The van der Waals surface area contributed by atoms with E-state index in [-0.39, 0.29) is 18.7 Å². The normalized spacial score (nSPS) is 10.8. The largest absolute Gasteiger partial charge is 0.497 e. The SMILES string of the molecule is COc1cccc(OCC(=O)N/N=C(/C)CC(=O)Nc2cc([N+](=O)[O-])ccc2C)c1. The van der Waals surface area contributed by atoms with Crippen LogP contribution >= 0.6 is 0 Å². The maximum atomic E-state index is 12.2. The van der Waals surface area contributed by atoms with Gasteiger partial charge in [0, 0.05) is 23.9 Å². The first-order valence-electron chi connectivity index (χ1n) is 8.92. The van der Waals surface area contributed by atoms with Crippen LogP contribution in [0.15, 0.2) is 47.6 Å². The van der Waals surface area contributed by atoms with E-state index in [1.807, 2.05) is 0 Å². The van der Waals surface area contributed by atoms with Gasteiger partial charge in [-0.2, -0.15) is 5.10 Å². The average molecular weight is 414 g/mol. The molecule has 0 spiro atoms. The predicted octanol–water partition coefficient (Wildman–Crippen LogP) is 2.81. The Morgan fingerprint density at radius 1 is 1.13 bits per heavy atom. The van der Waals surface area contributed by atoms with Crippen LogP contribution in [-0.2, 0) is 9.59 Å². The molecule has 0 aliphatic heterocycles. The van der Waals surface area contributed by atoms with E-state index in [4.69, 9.17) is 9.47 Å². The Kier molecular flexibility index (Phi) is 7.86. The first-order chi connectivity index (χ1) is 14.3. The van der Waals surface area contributed by atoms with E-state index < -0.39 is 16.7 Å². The highest BCUT2D eigenvalue weighted by Crippen LogP contribution is 2.22. The highest BCUT2D eigenvalue weighted by molar-refractivity contribution is 6.06. The summed E-state index contributed by atoms with van der Waals surface area (Å²) >= 11 is 0. The maximum Gasteiger partial charge on any atom is 0.277 e. The molecule has 2 aromatic carbocycles. The lowest BCUT2D eigenvalue weighted by atomic mass is 10.1. The van der Waals surface area contributed by atoms with E-state index in [2.05, 4.69) is 15.8 Å². The summed E-state index contributed by atoms with van der Waals surface area (Å²) in [5.74, 6) is 0.164. The van der Waals surface area contributed by atoms with Crippen LogP contribution in [0.3, 0.4) is 0 Å². The molecular weight excluding hydrogens is 392 g/mol. The molecule has 0 unspecified atom stereocenters. The smallest absolute Gasteiger partial charge is 0.277 e. The van der Waals surface area contributed by atoms with Gasteiger partial charge < -0.3 is 14.8 Å². The minimum absolute atomic E-state index is 0.0981. The first-order valence-corrected chi connectivity index (χ1v) is 8.92. The molecule has 0 saturated carbocycles. The number of anilines is 1. The lowest BCUT2D eigenvalue weighted by Gasteiger charge is -2.09. The van der Waals surface area contributed by atoms with Crippen molar-refractivity contribution in [2.45, 2.75) is 20.3 Å². The Labute approximate surface area is 173 Å². The van der Waals surface area contributed by atoms with Crippen LogP contribution in [0.25, 0.3) is 0 Å². The number of carbonyl (C=O) groups excluding carboxylic acids is 2. The molecule has 10 heteroatoms. The van der Waals surface area contributed by atoms with Crippen molar-refractivity contribution in [1.29, 1.82) is 0 Å². The summed E-state index contributed by atoms with van der Waals surface area (Å²) in [5.41, 5.74) is 3.57. The van der Waals surface area contributed by atoms with Gasteiger partial charge in [0.25, 0.3) is 11.6 Å². The van der Waals surface area contributed by atoms with E-state index in [9.17, 15) is 19.7 Å². The third-order valence-corrected chi connectivity index (χ3v) is 3.91. The number of nitrogens with zero attached hydrogens (tertiary/aromatic N) is 2. The van der Waals surface area contributed by atoms with Gasteiger partial charge in [0.15, 0.2) is 6.61 Å². The van der Waals surface area contributed by atoms with Crippen molar-refractivity contribution < 1.29 is 24.0 Å². The van der Waals surface area contributed by atoms with Crippen LogP contribution < -0.4 is 20.2 Å². The number of nitro benzene ring substituents is 1. The molecule has 2 aromatic rings. The number of hydrogen-bond acceptors (Lipinski definition) is 7. The van der Waals surface area contributed by atoms with Crippen LogP contribution in [0.5, 0.6) is 11.5 Å². The van der Waals surface area contributed by atoms with Gasteiger partial charge >= 0.3 is 0 Å². The molecule has 0 aromatic heterocycles. The van der Waals surface area contributed by atoms with Crippen molar-refractivity contribution in [3.05, 3.63) is 58.1 Å². The summed E-state index contributed by atoms with van der Waals surface area (Å²) in [6, 6.07) is 11.0. The number of benzene rings is 2. The summed E-state index contributed by atoms with van der Waals surface area (Å²) in [5, 5.41) is 17.3. The molecule has 30 heavy (non-hydrogen) atoms. The van der Waals surface area contributed by atoms with Gasteiger partial charge in [-0.3, -0.25) is 19.7 Å². The lowest BCUT2D eigenvalue weighted by molar-refractivity contribution is -0.384. The van der Waals surface area contributed by atoms with E-state index in [1.54, 1.807) is 44.2 Å². The summed E-state index contributed by atoms with van der Waals surface area (Å²) in [6.45, 7) is 3.04. The van der Waals surface area contributed by atoms with Crippen molar-refractivity contribution in [3.8, 4) is 11.5 Å². The van der Waals surface area contributed by atoms with Gasteiger partial charge in [-0.15, -0.1) is 0 Å². The lowest BCUT2D eigenvalue weighted by Crippen LogP contribution is -2.26. The number of nitrogens with one attached hydrogen (secondary N) is 2. The molecule has 2 amide bonds. The number of hydrogen-bond donors (Lipinski definition) is 2. The minimum atomic E-state index is -0.537.